The smallest absolute Gasteiger partial charge is 0.210 e. The van der Waals surface area contributed by atoms with Crippen molar-refractivity contribution in [2.75, 3.05) is 9.80 Å². The zero-order chi connectivity index (χ0) is 45.5. The van der Waals surface area contributed by atoms with Gasteiger partial charge in [0, 0.05) is 5.69 Å². The Labute approximate surface area is 379 Å². The molecule has 1 heterocycles. The number of rotatable bonds is 13. The first-order chi connectivity index (χ1) is 29.9. The minimum absolute atomic E-state index is 0.261. The van der Waals surface area contributed by atoms with Crippen LogP contribution in [0.1, 0.15) is 175 Å². The lowest BCUT2D eigenvalue weighted by molar-refractivity contribution is 0.462. The summed E-state index contributed by atoms with van der Waals surface area (Å²) in [5, 5.41) is 0. The van der Waals surface area contributed by atoms with E-state index in [0.29, 0.717) is 17.5 Å². The number of hydrogen-bond donors (Lipinski definition) is 0. The minimum Gasteiger partial charge on any atom is -0.744 e. The van der Waals surface area contributed by atoms with Gasteiger partial charge in [-0.15, -0.1) is 0 Å². The Kier molecular flexibility index (Phi) is 13.5. The van der Waals surface area contributed by atoms with Gasteiger partial charge in [-0.2, -0.15) is 0 Å². The van der Waals surface area contributed by atoms with E-state index < -0.39 is 16.2 Å². The van der Waals surface area contributed by atoms with E-state index in [1.54, 1.807) is 18.2 Å². The molecule has 7 rings (SSSR count). The Bertz CT molecular complexity index is 2510. The SMILES string of the molecule is CC(C)c1cc(C(C)C)c(-c2cc(-c3c(C(C)C)cc(C(C)C)cc3C(C)C)cc(N3[C]N(c4ccccc4S(=O)(=O)[O-])[C@@H](c4ccccc4)[C@@H]3c3ccccc3)c2)c(C(C)C)c1. The summed E-state index contributed by atoms with van der Waals surface area (Å²) >= 11 is 0. The van der Waals surface area contributed by atoms with Crippen LogP contribution in [0.3, 0.4) is 0 Å². The highest BCUT2D eigenvalue weighted by atomic mass is 32.2. The Morgan fingerprint density at radius 2 is 0.825 bits per heavy atom. The van der Waals surface area contributed by atoms with E-state index >= 15 is 0 Å². The molecular weight excluding hydrogens is 793 g/mol. The summed E-state index contributed by atoms with van der Waals surface area (Å²) in [6.07, 6.45) is 0. The van der Waals surface area contributed by atoms with Gasteiger partial charge in [-0.05, 0) is 133 Å². The minimum atomic E-state index is -4.85. The molecule has 6 heteroatoms. The van der Waals surface area contributed by atoms with Gasteiger partial charge >= 0.3 is 0 Å². The van der Waals surface area contributed by atoms with Gasteiger partial charge in [0.2, 0.25) is 6.67 Å². The molecule has 0 saturated carbocycles. The fourth-order valence-corrected chi connectivity index (χ4v) is 10.1. The van der Waals surface area contributed by atoms with Crippen molar-refractivity contribution in [2.45, 2.75) is 136 Å². The van der Waals surface area contributed by atoms with Crippen LogP contribution in [0.15, 0.2) is 132 Å². The van der Waals surface area contributed by atoms with E-state index in [0.717, 1.165) is 27.9 Å². The van der Waals surface area contributed by atoms with Crippen molar-refractivity contribution in [3.05, 3.63) is 179 Å². The van der Waals surface area contributed by atoms with Crippen LogP contribution in [0.5, 0.6) is 0 Å². The van der Waals surface area contributed by atoms with Gasteiger partial charge in [0.25, 0.3) is 0 Å². The van der Waals surface area contributed by atoms with Crippen LogP contribution in [0.2, 0.25) is 0 Å². The summed E-state index contributed by atoms with van der Waals surface area (Å²) in [6.45, 7) is 31.2. The van der Waals surface area contributed by atoms with E-state index in [2.05, 4.69) is 174 Å². The summed E-state index contributed by atoms with van der Waals surface area (Å²) in [6, 6.07) is 43.0. The first-order valence-electron chi connectivity index (χ1n) is 22.9. The summed E-state index contributed by atoms with van der Waals surface area (Å²) in [7, 11) is -4.85. The zero-order valence-corrected chi connectivity index (χ0v) is 40.1. The maximum Gasteiger partial charge on any atom is 0.210 e. The van der Waals surface area contributed by atoms with Crippen LogP contribution in [-0.4, -0.2) is 13.0 Å². The molecule has 0 aromatic heterocycles. The molecule has 2 radical (unpaired) electrons. The van der Waals surface area contributed by atoms with Gasteiger partial charge in [0.05, 0.1) is 22.7 Å². The largest absolute Gasteiger partial charge is 0.744 e. The lowest BCUT2D eigenvalue weighted by Gasteiger charge is -2.32. The van der Waals surface area contributed by atoms with Crippen molar-refractivity contribution < 1.29 is 13.0 Å². The van der Waals surface area contributed by atoms with Crippen molar-refractivity contribution in [3.63, 3.8) is 0 Å². The lowest BCUT2D eigenvalue weighted by atomic mass is 9.79. The van der Waals surface area contributed by atoms with Crippen LogP contribution in [0.25, 0.3) is 22.3 Å². The van der Waals surface area contributed by atoms with Crippen molar-refractivity contribution >= 4 is 21.5 Å². The topological polar surface area (TPSA) is 63.7 Å². The molecule has 0 amide bonds. The molecule has 1 aliphatic heterocycles. The van der Waals surface area contributed by atoms with Gasteiger partial charge < -0.3 is 14.4 Å². The molecular formula is C57H65N2O3S-. The van der Waals surface area contributed by atoms with Crippen molar-refractivity contribution in [2.24, 2.45) is 0 Å². The summed E-state index contributed by atoms with van der Waals surface area (Å²) < 4.78 is 39.0. The third kappa shape index (κ3) is 9.26. The van der Waals surface area contributed by atoms with Crippen LogP contribution >= 0.6 is 0 Å². The van der Waals surface area contributed by atoms with E-state index in [-0.39, 0.29) is 34.6 Å². The Morgan fingerprint density at radius 1 is 0.460 bits per heavy atom. The Balaban J connectivity index is 1.62. The number of nitrogens with zero attached hydrogens (tertiary/aromatic N) is 2. The third-order valence-corrected chi connectivity index (χ3v) is 13.7. The molecule has 5 nitrogen and oxygen atoms in total. The molecule has 328 valence electrons. The van der Waals surface area contributed by atoms with E-state index in [1.165, 1.54) is 50.6 Å². The maximum atomic E-state index is 13.0. The van der Waals surface area contributed by atoms with E-state index in [1.807, 2.05) is 29.2 Å². The summed E-state index contributed by atoms with van der Waals surface area (Å²) in [4.78, 5) is 3.81. The summed E-state index contributed by atoms with van der Waals surface area (Å²) in [5.41, 5.74) is 16.0. The molecule has 0 aliphatic carbocycles. The molecule has 1 fully saturated rings. The average molecular weight is 858 g/mol. The molecule has 1 aliphatic rings. The predicted molar refractivity (Wildman–Crippen MR) is 263 cm³/mol. The number of para-hydroxylation sites is 1. The van der Waals surface area contributed by atoms with Gasteiger partial charge in [-0.3, -0.25) is 0 Å². The fourth-order valence-electron chi connectivity index (χ4n) is 9.39. The standard InChI is InChI=1S/C57H66N2O3S/c1-35(2)43-30-48(37(5)6)54(49(31-43)38(7)8)45-27-46(55-50(39(9)10)32-44(36(3)4)33-51(55)40(11)12)29-47(28-45)58-34-59(52-25-19-20-26-53(52)63(60,61)62)57(42-23-17-14-18-24-42)56(58)41-21-15-13-16-22-41/h13-33,35-40,56-57H,1-12H3,(H,60,61,62)/p-1/t56-,57-/m0/s1. The fraction of sp³-hybridized carbons (Fsp3) is 0.351. The van der Waals surface area contributed by atoms with Crippen LogP contribution < -0.4 is 9.80 Å². The molecule has 0 unspecified atom stereocenters. The third-order valence-electron chi connectivity index (χ3n) is 12.8. The van der Waals surface area contributed by atoms with Crippen LogP contribution in [-0.2, 0) is 10.1 Å². The number of hydrogen-bond acceptors (Lipinski definition) is 5. The molecule has 0 N–H and O–H groups in total. The second kappa shape index (κ2) is 18.5. The molecule has 0 bridgehead atoms. The Morgan fingerprint density at radius 3 is 1.19 bits per heavy atom. The van der Waals surface area contributed by atoms with Crippen LogP contribution in [0.4, 0.5) is 11.4 Å². The number of anilines is 2. The zero-order valence-electron chi connectivity index (χ0n) is 39.3. The first-order valence-corrected chi connectivity index (χ1v) is 24.3. The molecule has 63 heavy (non-hydrogen) atoms. The second-order valence-corrected chi connectivity index (χ2v) is 20.7. The maximum absolute atomic E-state index is 13.0. The highest BCUT2D eigenvalue weighted by molar-refractivity contribution is 7.86. The van der Waals surface area contributed by atoms with Crippen molar-refractivity contribution in [1.29, 1.82) is 0 Å². The van der Waals surface area contributed by atoms with Crippen molar-refractivity contribution in [1.82, 2.24) is 0 Å². The van der Waals surface area contributed by atoms with Crippen molar-refractivity contribution in [3.8, 4) is 22.3 Å². The highest BCUT2D eigenvalue weighted by Crippen LogP contribution is 2.53. The molecule has 0 spiro atoms. The van der Waals surface area contributed by atoms with E-state index in [4.69, 9.17) is 0 Å². The molecule has 1 saturated heterocycles. The van der Waals surface area contributed by atoms with Gasteiger partial charge in [0.1, 0.15) is 10.1 Å². The molecule has 6 aromatic carbocycles. The average Bonchev–Trinajstić information content (AvgIpc) is 3.66. The Hall–Kier alpha value is -5.17. The lowest BCUT2D eigenvalue weighted by Crippen LogP contribution is -2.24. The second-order valence-electron chi connectivity index (χ2n) is 19.3. The van der Waals surface area contributed by atoms with E-state index in [9.17, 15) is 13.0 Å². The summed E-state index contributed by atoms with van der Waals surface area (Å²) in [5.74, 6) is 1.79. The van der Waals surface area contributed by atoms with Crippen LogP contribution in [0, 0.1) is 6.67 Å². The highest BCUT2D eigenvalue weighted by Gasteiger charge is 2.45. The predicted octanol–water partition coefficient (Wildman–Crippen LogP) is 15.5. The van der Waals surface area contributed by atoms with Gasteiger partial charge in [-0.25, -0.2) is 8.42 Å². The molecule has 6 aromatic rings. The first kappa shape index (κ1) is 45.8. The monoisotopic (exact) mass is 857 g/mol. The van der Waals surface area contributed by atoms with Gasteiger partial charge in [-0.1, -0.05) is 180 Å². The van der Waals surface area contributed by atoms with Gasteiger partial charge in [0.15, 0.2) is 0 Å². The quantitative estimate of drug-likeness (QED) is 0.108. The number of benzene rings is 6. The normalized spacial score (nSPS) is 15.9. The molecule has 2 atom stereocenters.